The van der Waals surface area contributed by atoms with Crippen LogP contribution in [0.4, 0.5) is 0 Å². The van der Waals surface area contributed by atoms with Crippen molar-refractivity contribution in [2.75, 3.05) is 7.11 Å². The Labute approximate surface area is 171 Å². The SMILES string of the molecule is CCB1OC(C)(C)C(C)(C)O1.COC(=O)C1CCCCC1C(=O)NC(C)(C)C. The fourth-order valence-electron chi connectivity index (χ4n) is 3.47. The summed E-state index contributed by atoms with van der Waals surface area (Å²) < 4.78 is 16.2. The number of carbonyl (C=O) groups excluding carboxylic acids is 2. The average Bonchev–Trinajstić information content (AvgIpc) is 2.80. The molecule has 0 bridgehead atoms. The van der Waals surface area contributed by atoms with E-state index in [4.69, 9.17) is 14.0 Å². The molecule has 2 aliphatic rings. The molecule has 0 aromatic rings. The van der Waals surface area contributed by atoms with Gasteiger partial charge in [-0.1, -0.05) is 19.8 Å². The van der Waals surface area contributed by atoms with Crippen LogP contribution >= 0.6 is 0 Å². The van der Waals surface area contributed by atoms with E-state index in [0.717, 1.165) is 32.0 Å². The van der Waals surface area contributed by atoms with Crippen LogP contribution in [0.1, 0.15) is 81.1 Å². The van der Waals surface area contributed by atoms with Gasteiger partial charge in [-0.2, -0.15) is 0 Å². The van der Waals surface area contributed by atoms with E-state index < -0.39 is 0 Å². The molecule has 1 heterocycles. The van der Waals surface area contributed by atoms with E-state index in [1.807, 2.05) is 20.8 Å². The van der Waals surface area contributed by atoms with E-state index in [9.17, 15) is 9.59 Å². The molecule has 1 N–H and O–H groups in total. The maximum Gasteiger partial charge on any atom is 0.457 e. The van der Waals surface area contributed by atoms with Gasteiger partial charge in [-0.25, -0.2) is 0 Å². The number of carbonyl (C=O) groups is 2. The molecule has 2 rings (SSSR count). The Morgan fingerprint density at radius 2 is 1.50 bits per heavy atom. The number of nitrogens with one attached hydrogen (secondary N) is 1. The molecule has 1 aliphatic heterocycles. The van der Waals surface area contributed by atoms with Crippen LogP contribution in [-0.4, -0.2) is 42.8 Å². The highest BCUT2D eigenvalue weighted by Gasteiger charge is 2.50. The summed E-state index contributed by atoms with van der Waals surface area (Å²) in [6.07, 6.45) is 4.47. The predicted molar refractivity (Wildman–Crippen MR) is 112 cm³/mol. The van der Waals surface area contributed by atoms with Gasteiger partial charge in [-0.05, 0) is 67.6 Å². The summed E-state index contributed by atoms with van der Waals surface area (Å²) in [6.45, 7) is 16.2. The standard InChI is InChI=1S/C13H23NO3.C8H17BO2/c1-13(2,3)14-11(15)9-7-5-6-8-10(9)12(16)17-4;1-6-9-10-7(2,3)8(4,5)11-9/h9-10H,5-8H2,1-4H3,(H,14,15);6H2,1-5H3. The molecule has 0 aromatic carbocycles. The van der Waals surface area contributed by atoms with Gasteiger partial charge >= 0.3 is 13.1 Å². The minimum atomic E-state index is -0.268. The third kappa shape index (κ3) is 6.76. The smallest absolute Gasteiger partial charge is 0.457 e. The number of ether oxygens (including phenoxy) is 1. The van der Waals surface area contributed by atoms with Crippen molar-refractivity contribution >= 4 is 19.0 Å². The van der Waals surface area contributed by atoms with Crippen molar-refractivity contribution in [3.05, 3.63) is 0 Å². The van der Waals surface area contributed by atoms with Crippen LogP contribution < -0.4 is 5.32 Å². The van der Waals surface area contributed by atoms with Crippen molar-refractivity contribution in [3.8, 4) is 0 Å². The van der Waals surface area contributed by atoms with Crippen molar-refractivity contribution < 1.29 is 23.6 Å². The molecule has 0 aromatic heterocycles. The normalized spacial score (nSPS) is 26.1. The molecule has 1 saturated heterocycles. The summed E-state index contributed by atoms with van der Waals surface area (Å²) in [5.74, 6) is -0.766. The fourth-order valence-corrected chi connectivity index (χ4v) is 3.47. The highest BCUT2D eigenvalue weighted by molar-refractivity contribution is 6.45. The Morgan fingerprint density at radius 1 is 1.04 bits per heavy atom. The predicted octanol–water partition coefficient (Wildman–Crippen LogP) is 3.98. The molecule has 0 spiro atoms. The van der Waals surface area contributed by atoms with E-state index in [0.29, 0.717) is 0 Å². The fraction of sp³-hybridized carbons (Fsp3) is 0.905. The molecule has 28 heavy (non-hydrogen) atoms. The minimum absolute atomic E-state index is 0.0139. The molecule has 1 aliphatic carbocycles. The van der Waals surface area contributed by atoms with Crippen LogP contribution in [0.5, 0.6) is 0 Å². The molecule has 2 atom stereocenters. The van der Waals surface area contributed by atoms with Crippen molar-refractivity contribution in [1.29, 1.82) is 0 Å². The summed E-state index contributed by atoms with van der Waals surface area (Å²) in [6, 6.07) is 0. The Kier molecular flexibility index (Phi) is 8.57. The quantitative estimate of drug-likeness (QED) is 0.576. The molecule has 6 nitrogen and oxygen atoms in total. The van der Waals surface area contributed by atoms with Gasteiger partial charge in [0.15, 0.2) is 0 Å². The zero-order chi connectivity index (χ0) is 21.8. The Morgan fingerprint density at radius 3 is 1.86 bits per heavy atom. The first kappa shape index (κ1) is 25.0. The molecule has 162 valence electrons. The molecule has 0 radical (unpaired) electrons. The van der Waals surface area contributed by atoms with Crippen LogP contribution in [0.15, 0.2) is 0 Å². The van der Waals surface area contributed by atoms with E-state index in [1.165, 1.54) is 7.11 Å². The molecule has 2 fully saturated rings. The van der Waals surface area contributed by atoms with Gasteiger partial charge in [0, 0.05) is 5.54 Å². The monoisotopic (exact) mass is 397 g/mol. The molecule has 7 heteroatoms. The van der Waals surface area contributed by atoms with Gasteiger partial charge < -0.3 is 19.4 Å². The number of hydrogen-bond donors (Lipinski definition) is 1. The first-order valence-electron chi connectivity index (χ1n) is 10.5. The summed E-state index contributed by atoms with van der Waals surface area (Å²) >= 11 is 0. The highest BCUT2D eigenvalue weighted by atomic mass is 16.7. The largest absolute Gasteiger partial charge is 0.469 e. The Hall–Kier alpha value is -1.08. The lowest BCUT2D eigenvalue weighted by Crippen LogP contribution is -2.47. The van der Waals surface area contributed by atoms with Gasteiger partial charge in [-0.15, -0.1) is 0 Å². The number of esters is 1. The second-order valence-corrected chi connectivity index (χ2v) is 9.85. The summed E-state index contributed by atoms with van der Waals surface area (Å²) in [7, 11) is 1.37. The van der Waals surface area contributed by atoms with Crippen molar-refractivity contribution in [3.63, 3.8) is 0 Å². The topological polar surface area (TPSA) is 73.9 Å². The average molecular weight is 397 g/mol. The summed E-state index contributed by atoms with van der Waals surface area (Å²) in [5, 5.41) is 2.95. The van der Waals surface area contributed by atoms with Gasteiger partial charge in [0.2, 0.25) is 5.91 Å². The van der Waals surface area contributed by atoms with E-state index in [2.05, 4.69) is 39.9 Å². The maximum atomic E-state index is 12.1. The van der Waals surface area contributed by atoms with E-state index in [1.54, 1.807) is 0 Å². The summed E-state index contributed by atoms with van der Waals surface area (Å²) in [4.78, 5) is 23.8. The number of amides is 1. The second-order valence-electron chi connectivity index (χ2n) is 9.85. The lowest BCUT2D eigenvalue weighted by molar-refractivity contribution is -0.152. The number of hydrogen-bond acceptors (Lipinski definition) is 5. The lowest BCUT2D eigenvalue weighted by Gasteiger charge is -2.32. The maximum absolute atomic E-state index is 12.1. The zero-order valence-corrected chi connectivity index (χ0v) is 19.3. The van der Waals surface area contributed by atoms with E-state index >= 15 is 0 Å². The van der Waals surface area contributed by atoms with Crippen molar-refractivity contribution in [2.24, 2.45) is 11.8 Å². The molecule has 1 amide bonds. The third-order valence-corrected chi connectivity index (χ3v) is 5.74. The van der Waals surface area contributed by atoms with Crippen LogP contribution in [0, 0.1) is 11.8 Å². The Bertz CT molecular complexity index is 525. The van der Waals surface area contributed by atoms with Gasteiger partial charge in [0.1, 0.15) is 0 Å². The third-order valence-electron chi connectivity index (χ3n) is 5.74. The first-order valence-corrected chi connectivity index (χ1v) is 10.5. The van der Waals surface area contributed by atoms with Gasteiger partial charge in [0.25, 0.3) is 0 Å². The minimum Gasteiger partial charge on any atom is -0.469 e. The van der Waals surface area contributed by atoms with Crippen LogP contribution in [0.3, 0.4) is 0 Å². The summed E-state index contributed by atoms with van der Waals surface area (Å²) in [5.41, 5.74) is -0.573. The van der Waals surface area contributed by atoms with Crippen molar-refractivity contribution in [1.82, 2.24) is 5.32 Å². The lowest BCUT2D eigenvalue weighted by atomic mass is 9.78. The first-order chi connectivity index (χ1) is 12.7. The van der Waals surface area contributed by atoms with Gasteiger partial charge in [-0.3, -0.25) is 9.59 Å². The van der Waals surface area contributed by atoms with Crippen molar-refractivity contribution in [2.45, 2.75) is 104 Å². The van der Waals surface area contributed by atoms with E-state index in [-0.39, 0.29) is 47.6 Å². The van der Waals surface area contributed by atoms with Crippen LogP contribution in [0.2, 0.25) is 6.32 Å². The number of methoxy groups -OCH3 is 1. The molecular formula is C21H40BNO5. The highest BCUT2D eigenvalue weighted by Crippen LogP contribution is 2.37. The van der Waals surface area contributed by atoms with Crippen LogP contribution in [-0.2, 0) is 23.6 Å². The molecule has 1 saturated carbocycles. The molecule has 2 unspecified atom stereocenters. The zero-order valence-electron chi connectivity index (χ0n) is 19.3. The Balaban J connectivity index is 0.000000307. The number of rotatable bonds is 3. The van der Waals surface area contributed by atoms with Gasteiger partial charge in [0.05, 0.1) is 30.1 Å². The van der Waals surface area contributed by atoms with Crippen LogP contribution in [0.25, 0.3) is 0 Å². The molecular weight excluding hydrogens is 357 g/mol. The second kappa shape index (κ2) is 9.62.